The van der Waals surface area contributed by atoms with Gasteiger partial charge in [0.15, 0.2) is 0 Å². The van der Waals surface area contributed by atoms with Crippen LogP contribution in [0.2, 0.25) is 0 Å². The first-order valence-electron chi connectivity index (χ1n) is 13.1. The molecule has 2 fully saturated rings. The average molecular weight is 523 g/mol. The van der Waals surface area contributed by atoms with E-state index in [0.717, 1.165) is 29.9 Å². The lowest BCUT2D eigenvalue weighted by Gasteiger charge is -2.47. The summed E-state index contributed by atoms with van der Waals surface area (Å²) in [5.74, 6) is -1.29. The van der Waals surface area contributed by atoms with Crippen molar-refractivity contribution in [2.45, 2.75) is 77.4 Å². The second-order valence-electron chi connectivity index (χ2n) is 11.8. The van der Waals surface area contributed by atoms with Crippen molar-refractivity contribution < 1.29 is 23.5 Å². The summed E-state index contributed by atoms with van der Waals surface area (Å²) in [6.07, 6.45) is 0.513. The van der Waals surface area contributed by atoms with Gasteiger partial charge in [0.2, 0.25) is 11.8 Å². The Morgan fingerprint density at radius 3 is 2.53 bits per heavy atom. The first-order valence-corrected chi connectivity index (χ1v) is 13.1. The predicted molar refractivity (Wildman–Crippen MR) is 141 cm³/mol. The van der Waals surface area contributed by atoms with E-state index in [1.54, 1.807) is 12.1 Å². The number of rotatable bonds is 6. The standard InChI is InChI=1S/C29H35FN4O4/c1-28(2)16-33(17-29(3,4)38-28)14-18-8-9-22(30)19(12-18)13-31-23-7-5-6-20-21(23)15-34(27(20)37)24-10-11-25(35)32-26(24)36/h5-9,12,24,31H,10-11,13-17H2,1-4H3,(H,32,35,36)/t24-/m1/s1. The highest BCUT2D eigenvalue weighted by molar-refractivity contribution is 6.06. The van der Waals surface area contributed by atoms with Gasteiger partial charge in [0.1, 0.15) is 11.9 Å². The Morgan fingerprint density at radius 1 is 1.08 bits per heavy atom. The fourth-order valence-electron chi connectivity index (χ4n) is 6.12. The summed E-state index contributed by atoms with van der Waals surface area (Å²) >= 11 is 0. The number of carbonyl (C=O) groups is 3. The lowest BCUT2D eigenvalue weighted by atomic mass is 9.98. The molecule has 0 spiro atoms. The topological polar surface area (TPSA) is 91.0 Å². The Kier molecular flexibility index (Phi) is 6.77. The number of benzene rings is 2. The molecule has 2 saturated heterocycles. The minimum atomic E-state index is -0.676. The smallest absolute Gasteiger partial charge is 0.255 e. The number of fused-ring (bicyclic) bond motifs is 1. The van der Waals surface area contributed by atoms with Gasteiger partial charge in [0.25, 0.3) is 5.91 Å². The van der Waals surface area contributed by atoms with Crippen LogP contribution in [0.5, 0.6) is 0 Å². The summed E-state index contributed by atoms with van der Waals surface area (Å²) in [5, 5.41) is 5.64. The fraction of sp³-hybridized carbons (Fsp3) is 0.483. The number of hydrogen-bond acceptors (Lipinski definition) is 6. The van der Waals surface area contributed by atoms with Gasteiger partial charge >= 0.3 is 0 Å². The maximum absolute atomic E-state index is 14.8. The summed E-state index contributed by atoms with van der Waals surface area (Å²) in [5.41, 5.74) is 3.06. The molecule has 2 aromatic carbocycles. The van der Waals surface area contributed by atoms with E-state index in [-0.39, 0.29) is 48.3 Å². The van der Waals surface area contributed by atoms with E-state index in [9.17, 15) is 18.8 Å². The molecule has 2 aromatic rings. The fourth-order valence-corrected chi connectivity index (χ4v) is 6.12. The van der Waals surface area contributed by atoms with E-state index in [1.165, 1.54) is 11.0 Å². The van der Waals surface area contributed by atoms with Crippen LogP contribution in [0.25, 0.3) is 0 Å². The molecule has 3 aliphatic rings. The van der Waals surface area contributed by atoms with Crippen LogP contribution in [0.3, 0.4) is 0 Å². The zero-order valence-corrected chi connectivity index (χ0v) is 22.4. The van der Waals surface area contributed by atoms with Gasteiger partial charge in [0.05, 0.1) is 11.2 Å². The number of nitrogens with one attached hydrogen (secondary N) is 2. The average Bonchev–Trinajstić information content (AvgIpc) is 3.14. The van der Waals surface area contributed by atoms with Gasteiger partial charge in [-0.1, -0.05) is 12.1 Å². The number of nitrogens with zero attached hydrogens (tertiary/aromatic N) is 2. The summed E-state index contributed by atoms with van der Waals surface area (Å²) in [4.78, 5) is 40.9. The molecule has 0 radical (unpaired) electrons. The van der Waals surface area contributed by atoms with Gasteiger partial charge < -0.3 is 15.0 Å². The van der Waals surface area contributed by atoms with Crippen LogP contribution in [0.15, 0.2) is 36.4 Å². The molecule has 202 valence electrons. The van der Waals surface area contributed by atoms with E-state index in [4.69, 9.17) is 4.74 Å². The third-order valence-electron chi connectivity index (χ3n) is 7.33. The Morgan fingerprint density at radius 2 is 1.82 bits per heavy atom. The number of piperidine rings is 1. The number of ether oxygens (including phenoxy) is 1. The molecule has 0 aliphatic carbocycles. The van der Waals surface area contributed by atoms with Gasteiger partial charge in [0, 0.05) is 61.5 Å². The van der Waals surface area contributed by atoms with E-state index in [0.29, 0.717) is 24.1 Å². The van der Waals surface area contributed by atoms with Crippen LogP contribution in [0.1, 0.15) is 67.6 Å². The van der Waals surface area contributed by atoms with Crippen molar-refractivity contribution in [3.8, 4) is 0 Å². The van der Waals surface area contributed by atoms with Crippen LogP contribution in [-0.4, -0.2) is 57.9 Å². The Bertz CT molecular complexity index is 1280. The summed E-state index contributed by atoms with van der Waals surface area (Å²) in [7, 11) is 0. The number of anilines is 1. The molecule has 3 amide bonds. The highest BCUT2D eigenvalue weighted by Crippen LogP contribution is 2.33. The van der Waals surface area contributed by atoms with E-state index >= 15 is 0 Å². The molecule has 0 unspecified atom stereocenters. The first kappa shape index (κ1) is 26.3. The van der Waals surface area contributed by atoms with Crippen molar-refractivity contribution >= 4 is 23.4 Å². The number of carbonyl (C=O) groups excluding carboxylic acids is 3. The summed E-state index contributed by atoms with van der Waals surface area (Å²) in [6, 6.07) is 9.92. The van der Waals surface area contributed by atoms with Crippen LogP contribution in [0, 0.1) is 5.82 Å². The molecule has 38 heavy (non-hydrogen) atoms. The first-order chi connectivity index (χ1) is 17.9. The number of hydrogen-bond donors (Lipinski definition) is 2. The third kappa shape index (κ3) is 5.44. The third-order valence-corrected chi connectivity index (χ3v) is 7.33. The minimum Gasteiger partial charge on any atom is -0.381 e. The summed E-state index contributed by atoms with van der Waals surface area (Å²) < 4.78 is 21.0. The minimum absolute atomic E-state index is 0.205. The van der Waals surface area contributed by atoms with Crippen molar-refractivity contribution in [3.63, 3.8) is 0 Å². The van der Waals surface area contributed by atoms with Gasteiger partial charge in [-0.2, -0.15) is 0 Å². The molecular formula is C29H35FN4O4. The molecule has 3 heterocycles. The Labute approximate surface area is 222 Å². The monoisotopic (exact) mass is 522 g/mol. The van der Waals surface area contributed by atoms with Crippen LogP contribution in [0.4, 0.5) is 10.1 Å². The highest BCUT2D eigenvalue weighted by Gasteiger charge is 2.40. The van der Waals surface area contributed by atoms with Crippen molar-refractivity contribution in [3.05, 3.63) is 64.5 Å². The number of halogens is 1. The lowest BCUT2D eigenvalue weighted by Crippen LogP contribution is -2.56. The molecular weight excluding hydrogens is 487 g/mol. The van der Waals surface area contributed by atoms with Crippen molar-refractivity contribution in [2.24, 2.45) is 0 Å². The number of imide groups is 1. The number of amides is 3. The van der Waals surface area contributed by atoms with Gasteiger partial charge in [-0.3, -0.25) is 24.6 Å². The normalized spacial score (nSPS) is 22.8. The quantitative estimate of drug-likeness (QED) is 0.564. The zero-order chi connectivity index (χ0) is 27.2. The van der Waals surface area contributed by atoms with Crippen molar-refractivity contribution in [1.82, 2.24) is 15.1 Å². The van der Waals surface area contributed by atoms with Crippen LogP contribution >= 0.6 is 0 Å². The maximum Gasteiger partial charge on any atom is 0.255 e. The second kappa shape index (κ2) is 9.78. The molecule has 0 bridgehead atoms. The largest absolute Gasteiger partial charge is 0.381 e. The van der Waals surface area contributed by atoms with Crippen LogP contribution in [-0.2, 0) is 34.0 Å². The SMILES string of the molecule is CC1(C)CN(Cc2ccc(F)c(CNc3cccc4c3CN([C@@H]3CCC(=O)NC3=O)C4=O)c2)CC(C)(C)O1. The van der Waals surface area contributed by atoms with Crippen molar-refractivity contribution in [1.29, 1.82) is 0 Å². The summed E-state index contributed by atoms with van der Waals surface area (Å²) in [6.45, 7) is 11.1. The van der Waals surface area contributed by atoms with E-state index < -0.39 is 11.9 Å². The Balaban J connectivity index is 1.29. The molecule has 5 rings (SSSR count). The Hall–Kier alpha value is -3.30. The molecule has 8 nitrogen and oxygen atoms in total. The van der Waals surface area contributed by atoms with Crippen LogP contribution < -0.4 is 10.6 Å². The van der Waals surface area contributed by atoms with Gasteiger partial charge in [-0.25, -0.2) is 4.39 Å². The zero-order valence-electron chi connectivity index (χ0n) is 22.4. The second-order valence-corrected chi connectivity index (χ2v) is 11.8. The van der Waals surface area contributed by atoms with Crippen molar-refractivity contribution in [2.75, 3.05) is 18.4 Å². The molecule has 0 aromatic heterocycles. The maximum atomic E-state index is 14.8. The van der Waals surface area contributed by atoms with E-state index in [2.05, 4.69) is 43.2 Å². The molecule has 1 atom stereocenters. The molecule has 2 N–H and O–H groups in total. The predicted octanol–water partition coefficient (Wildman–Crippen LogP) is 3.59. The van der Waals surface area contributed by atoms with Gasteiger partial charge in [-0.05, 0) is 63.9 Å². The van der Waals surface area contributed by atoms with Gasteiger partial charge in [-0.15, -0.1) is 0 Å². The van der Waals surface area contributed by atoms with E-state index in [1.807, 2.05) is 18.2 Å². The molecule has 0 saturated carbocycles. The molecule has 9 heteroatoms. The molecule has 3 aliphatic heterocycles. The number of morpholine rings is 1. The lowest BCUT2D eigenvalue weighted by molar-refractivity contribution is -0.182. The highest BCUT2D eigenvalue weighted by atomic mass is 19.1.